The van der Waals surface area contributed by atoms with Crippen LogP contribution in [0.5, 0.6) is 0 Å². The number of nitrogens with zero attached hydrogens (tertiary/aromatic N) is 1. The van der Waals surface area contributed by atoms with Crippen LogP contribution in [0.3, 0.4) is 0 Å². The number of carbonyl (C=O) groups excluding carboxylic acids is 2. The second kappa shape index (κ2) is 12.4. The number of nitrogen functional groups attached to an aromatic ring is 1. The Morgan fingerprint density at radius 2 is 1.71 bits per heavy atom. The number of ether oxygens (including phenoxy) is 1. The number of para-hydroxylation sites is 2. The van der Waals surface area contributed by atoms with Gasteiger partial charge in [0.25, 0.3) is 5.91 Å². The summed E-state index contributed by atoms with van der Waals surface area (Å²) >= 11 is 0. The summed E-state index contributed by atoms with van der Waals surface area (Å²) in [7, 11) is 1.85. The lowest BCUT2D eigenvalue weighted by atomic mass is 10.0. The van der Waals surface area contributed by atoms with Gasteiger partial charge in [0, 0.05) is 24.8 Å². The standard InChI is InChI=1S/C27H32N4O4/c1-3-25(20-12-14-22(29-2)15-13-20)31(16-17-32)27(34)35-18-19-8-10-21(11-9-19)26(33)30-24-7-5-4-6-23(24)28/h4-15,25,29,32H,3,16-18,28H2,1-2H3,(H,30,33)/t25-/m1/s1. The minimum absolute atomic E-state index is 0.0451. The molecular formula is C27H32N4O4. The molecule has 8 nitrogen and oxygen atoms in total. The van der Waals surface area contributed by atoms with E-state index in [0.717, 1.165) is 16.8 Å². The maximum atomic E-state index is 12.9. The summed E-state index contributed by atoms with van der Waals surface area (Å²) < 4.78 is 5.55. The van der Waals surface area contributed by atoms with Gasteiger partial charge in [0.1, 0.15) is 6.61 Å². The smallest absolute Gasteiger partial charge is 0.410 e. The molecule has 3 rings (SSSR count). The molecule has 0 radical (unpaired) electrons. The van der Waals surface area contributed by atoms with Gasteiger partial charge in [-0.1, -0.05) is 43.3 Å². The van der Waals surface area contributed by atoms with Crippen molar-refractivity contribution in [2.75, 3.05) is 36.6 Å². The first-order valence-electron chi connectivity index (χ1n) is 11.5. The summed E-state index contributed by atoms with van der Waals surface area (Å²) in [5, 5.41) is 15.4. The van der Waals surface area contributed by atoms with Gasteiger partial charge in [-0.2, -0.15) is 0 Å². The number of hydrogen-bond donors (Lipinski definition) is 4. The van der Waals surface area contributed by atoms with Crippen molar-refractivity contribution in [1.82, 2.24) is 4.90 Å². The summed E-state index contributed by atoms with van der Waals surface area (Å²) in [4.78, 5) is 27.0. The van der Waals surface area contributed by atoms with Crippen molar-refractivity contribution >= 4 is 29.1 Å². The normalized spacial score (nSPS) is 11.4. The van der Waals surface area contributed by atoms with E-state index in [0.29, 0.717) is 23.4 Å². The van der Waals surface area contributed by atoms with Gasteiger partial charge >= 0.3 is 6.09 Å². The molecule has 0 saturated carbocycles. The van der Waals surface area contributed by atoms with Gasteiger partial charge in [0.15, 0.2) is 0 Å². The highest BCUT2D eigenvalue weighted by atomic mass is 16.6. The molecule has 0 aliphatic rings. The molecule has 2 amide bonds. The second-order valence-corrected chi connectivity index (χ2v) is 8.01. The van der Waals surface area contributed by atoms with Gasteiger partial charge in [0.05, 0.1) is 24.0 Å². The molecule has 0 aromatic heterocycles. The first kappa shape index (κ1) is 25.6. The van der Waals surface area contributed by atoms with Crippen molar-refractivity contribution in [1.29, 1.82) is 0 Å². The number of anilines is 3. The Balaban J connectivity index is 1.62. The van der Waals surface area contributed by atoms with Crippen LogP contribution in [-0.2, 0) is 11.3 Å². The van der Waals surface area contributed by atoms with Gasteiger partial charge in [-0.05, 0) is 53.9 Å². The number of hydrogen-bond acceptors (Lipinski definition) is 6. The van der Waals surface area contributed by atoms with Crippen LogP contribution in [0.15, 0.2) is 72.8 Å². The maximum absolute atomic E-state index is 12.9. The Bertz CT molecular complexity index is 1120. The van der Waals surface area contributed by atoms with Gasteiger partial charge in [-0.3, -0.25) is 9.69 Å². The number of aliphatic hydroxyl groups excluding tert-OH is 1. The number of rotatable bonds is 10. The third-order valence-corrected chi connectivity index (χ3v) is 5.71. The van der Waals surface area contributed by atoms with Crippen LogP contribution >= 0.6 is 0 Å². The Labute approximate surface area is 205 Å². The first-order chi connectivity index (χ1) is 17.0. The highest BCUT2D eigenvalue weighted by Gasteiger charge is 2.25. The number of carbonyl (C=O) groups is 2. The van der Waals surface area contributed by atoms with E-state index in [1.807, 2.05) is 38.2 Å². The molecule has 0 saturated heterocycles. The molecule has 0 heterocycles. The molecule has 0 spiro atoms. The van der Waals surface area contributed by atoms with E-state index in [1.165, 1.54) is 0 Å². The highest BCUT2D eigenvalue weighted by molar-refractivity contribution is 6.05. The molecular weight excluding hydrogens is 444 g/mol. The van der Waals surface area contributed by atoms with Crippen molar-refractivity contribution < 1.29 is 19.4 Å². The van der Waals surface area contributed by atoms with E-state index in [1.54, 1.807) is 53.4 Å². The van der Waals surface area contributed by atoms with Crippen molar-refractivity contribution in [2.24, 2.45) is 0 Å². The molecule has 0 aliphatic carbocycles. The van der Waals surface area contributed by atoms with Crippen molar-refractivity contribution in [2.45, 2.75) is 26.0 Å². The van der Waals surface area contributed by atoms with E-state index < -0.39 is 6.09 Å². The van der Waals surface area contributed by atoms with Crippen molar-refractivity contribution in [3.8, 4) is 0 Å². The molecule has 0 unspecified atom stereocenters. The van der Waals surface area contributed by atoms with E-state index in [2.05, 4.69) is 10.6 Å². The SMILES string of the molecule is CC[C@H](c1ccc(NC)cc1)N(CCO)C(=O)OCc1ccc(C(=O)Nc2ccccc2N)cc1. The summed E-state index contributed by atoms with van der Waals surface area (Å²) in [6, 6.07) is 21.4. The molecule has 5 N–H and O–H groups in total. The van der Waals surface area contributed by atoms with Crippen LogP contribution in [0.4, 0.5) is 21.9 Å². The molecule has 1 atom stereocenters. The Morgan fingerprint density at radius 3 is 2.31 bits per heavy atom. The number of nitrogens with one attached hydrogen (secondary N) is 2. The lowest BCUT2D eigenvalue weighted by Crippen LogP contribution is -2.37. The minimum atomic E-state index is -0.509. The molecule has 184 valence electrons. The van der Waals surface area contributed by atoms with E-state index in [4.69, 9.17) is 10.5 Å². The Hall–Kier alpha value is -4.04. The van der Waals surface area contributed by atoms with E-state index in [9.17, 15) is 14.7 Å². The van der Waals surface area contributed by atoms with E-state index >= 15 is 0 Å². The quantitative estimate of drug-likeness (QED) is 0.317. The van der Waals surface area contributed by atoms with Crippen LogP contribution < -0.4 is 16.4 Å². The van der Waals surface area contributed by atoms with Crippen molar-refractivity contribution in [3.05, 3.63) is 89.5 Å². The second-order valence-electron chi connectivity index (χ2n) is 8.01. The van der Waals surface area contributed by atoms with E-state index in [-0.39, 0.29) is 31.7 Å². The van der Waals surface area contributed by atoms with Crippen LogP contribution in [0.2, 0.25) is 0 Å². The van der Waals surface area contributed by atoms with Gasteiger partial charge < -0.3 is 26.2 Å². The first-order valence-corrected chi connectivity index (χ1v) is 11.5. The van der Waals surface area contributed by atoms with Crippen LogP contribution in [0.1, 0.15) is 40.9 Å². The number of aliphatic hydroxyl groups is 1. The predicted molar refractivity (Wildman–Crippen MR) is 138 cm³/mol. The summed E-state index contributed by atoms with van der Waals surface area (Å²) in [5.74, 6) is -0.282. The maximum Gasteiger partial charge on any atom is 0.410 e. The monoisotopic (exact) mass is 476 g/mol. The lowest BCUT2D eigenvalue weighted by molar-refractivity contribution is 0.0702. The largest absolute Gasteiger partial charge is 0.445 e. The minimum Gasteiger partial charge on any atom is -0.445 e. The number of amides is 2. The molecule has 35 heavy (non-hydrogen) atoms. The average Bonchev–Trinajstić information content (AvgIpc) is 2.89. The summed E-state index contributed by atoms with van der Waals surface area (Å²) in [5.41, 5.74) is 10.1. The molecule has 0 bridgehead atoms. The zero-order valence-corrected chi connectivity index (χ0v) is 20.0. The Kier molecular flexibility index (Phi) is 9.09. The zero-order valence-electron chi connectivity index (χ0n) is 20.0. The molecule has 0 aliphatic heterocycles. The van der Waals surface area contributed by atoms with Gasteiger partial charge in [-0.15, -0.1) is 0 Å². The summed E-state index contributed by atoms with van der Waals surface area (Å²) in [6.45, 7) is 2.02. The average molecular weight is 477 g/mol. The van der Waals surface area contributed by atoms with Crippen LogP contribution in [0.25, 0.3) is 0 Å². The molecule has 3 aromatic rings. The highest BCUT2D eigenvalue weighted by Crippen LogP contribution is 2.26. The fourth-order valence-electron chi connectivity index (χ4n) is 3.78. The van der Waals surface area contributed by atoms with Crippen LogP contribution in [-0.4, -0.2) is 42.2 Å². The van der Waals surface area contributed by atoms with Gasteiger partial charge in [0.2, 0.25) is 0 Å². The number of nitrogens with two attached hydrogens (primary N) is 1. The van der Waals surface area contributed by atoms with Crippen LogP contribution in [0, 0.1) is 0 Å². The lowest BCUT2D eigenvalue weighted by Gasteiger charge is -2.30. The van der Waals surface area contributed by atoms with Gasteiger partial charge in [-0.25, -0.2) is 4.79 Å². The van der Waals surface area contributed by atoms with Crippen molar-refractivity contribution in [3.63, 3.8) is 0 Å². The topological polar surface area (TPSA) is 117 Å². The predicted octanol–water partition coefficient (Wildman–Crippen LogP) is 4.65. The molecule has 3 aromatic carbocycles. The molecule has 0 fully saturated rings. The zero-order chi connectivity index (χ0) is 25.2. The third kappa shape index (κ3) is 6.74. The number of benzene rings is 3. The molecule has 8 heteroatoms. The fraction of sp³-hybridized carbons (Fsp3) is 0.259. The summed E-state index contributed by atoms with van der Waals surface area (Å²) in [6.07, 6.45) is 0.161. The Morgan fingerprint density at radius 1 is 1.03 bits per heavy atom. The third-order valence-electron chi connectivity index (χ3n) is 5.71. The fourth-order valence-corrected chi connectivity index (χ4v) is 3.78.